The summed E-state index contributed by atoms with van der Waals surface area (Å²) in [7, 11) is -1.73. The van der Waals surface area contributed by atoms with Crippen LogP contribution in [0.2, 0.25) is 0 Å². The van der Waals surface area contributed by atoms with Gasteiger partial charge in [0.05, 0.1) is 10.6 Å². The van der Waals surface area contributed by atoms with Crippen LogP contribution in [-0.2, 0) is 10.0 Å². The van der Waals surface area contributed by atoms with E-state index in [1.807, 2.05) is 45.2 Å². The Kier molecular flexibility index (Phi) is 4.65. The molecule has 2 rings (SSSR count). The molecule has 2 N–H and O–H groups in total. The first-order chi connectivity index (χ1) is 9.94. The molecular formula is C16H20N2O2S. The maximum atomic E-state index is 12.5. The highest BCUT2D eigenvalue weighted by atomic mass is 32.2. The van der Waals surface area contributed by atoms with Gasteiger partial charge >= 0.3 is 0 Å². The van der Waals surface area contributed by atoms with Crippen molar-refractivity contribution in [2.45, 2.75) is 24.8 Å². The molecule has 0 spiro atoms. The highest BCUT2D eigenvalue weighted by molar-refractivity contribution is 7.92. The normalized spacial score (nSPS) is 12.9. The summed E-state index contributed by atoms with van der Waals surface area (Å²) in [5, 5.41) is 3.12. The van der Waals surface area contributed by atoms with Crippen LogP contribution in [0.1, 0.15) is 24.1 Å². The van der Waals surface area contributed by atoms with Gasteiger partial charge in [-0.2, -0.15) is 0 Å². The van der Waals surface area contributed by atoms with Crippen LogP contribution in [0.4, 0.5) is 5.69 Å². The van der Waals surface area contributed by atoms with Gasteiger partial charge in [0.25, 0.3) is 10.0 Å². The Morgan fingerprint density at radius 3 is 2.43 bits per heavy atom. The first kappa shape index (κ1) is 15.5. The summed E-state index contributed by atoms with van der Waals surface area (Å²) in [4.78, 5) is 0.273. The minimum atomic E-state index is -3.58. The van der Waals surface area contributed by atoms with Crippen molar-refractivity contribution in [2.75, 3.05) is 11.8 Å². The van der Waals surface area contributed by atoms with E-state index in [9.17, 15) is 8.42 Å². The van der Waals surface area contributed by atoms with Gasteiger partial charge in [0.1, 0.15) is 0 Å². The molecule has 0 saturated carbocycles. The molecule has 0 saturated heterocycles. The lowest BCUT2D eigenvalue weighted by Crippen LogP contribution is -2.18. The van der Waals surface area contributed by atoms with Crippen LogP contribution in [0.25, 0.3) is 0 Å². The molecule has 112 valence electrons. The summed E-state index contributed by atoms with van der Waals surface area (Å²) in [6.07, 6.45) is 0. The monoisotopic (exact) mass is 304 g/mol. The third kappa shape index (κ3) is 3.62. The van der Waals surface area contributed by atoms with E-state index in [4.69, 9.17) is 0 Å². The van der Waals surface area contributed by atoms with Crippen molar-refractivity contribution in [2.24, 2.45) is 0 Å². The van der Waals surface area contributed by atoms with Crippen molar-refractivity contribution in [3.63, 3.8) is 0 Å². The molecule has 1 atom stereocenters. The van der Waals surface area contributed by atoms with E-state index in [1.54, 1.807) is 24.3 Å². The molecule has 0 amide bonds. The molecular weight excluding hydrogens is 284 g/mol. The Morgan fingerprint density at radius 1 is 1.05 bits per heavy atom. The van der Waals surface area contributed by atoms with Gasteiger partial charge in [-0.05, 0) is 50.2 Å². The molecule has 4 nitrogen and oxygen atoms in total. The molecule has 0 aliphatic heterocycles. The first-order valence-electron chi connectivity index (χ1n) is 6.79. The second-order valence-electron chi connectivity index (χ2n) is 5.02. The number of para-hydroxylation sites is 1. The Labute approximate surface area is 126 Å². The van der Waals surface area contributed by atoms with Crippen molar-refractivity contribution < 1.29 is 8.42 Å². The molecule has 2 aromatic rings. The SMILES string of the molecule is CNC(C)c1ccccc1NS(=O)(=O)c1cccc(C)c1. The Balaban J connectivity index is 2.38. The number of benzene rings is 2. The predicted molar refractivity (Wildman–Crippen MR) is 85.9 cm³/mol. The van der Waals surface area contributed by atoms with Gasteiger partial charge in [0, 0.05) is 6.04 Å². The van der Waals surface area contributed by atoms with Gasteiger partial charge in [-0.1, -0.05) is 30.3 Å². The largest absolute Gasteiger partial charge is 0.313 e. The third-order valence-electron chi connectivity index (χ3n) is 3.40. The summed E-state index contributed by atoms with van der Waals surface area (Å²) < 4.78 is 27.6. The zero-order valence-electron chi connectivity index (χ0n) is 12.4. The number of sulfonamides is 1. The third-order valence-corrected chi connectivity index (χ3v) is 4.77. The van der Waals surface area contributed by atoms with Crippen LogP contribution in [-0.4, -0.2) is 15.5 Å². The fraction of sp³-hybridized carbons (Fsp3) is 0.250. The number of hydrogen-bond donors (Lipinski definition) is 2. The predicted octanol–water partition coefficient (Wildman–Crippen LogP) is 3.08. The number of nitrogens with one attached hydrogen (secondary N) is 2. The Bertz CT molecular complexity index is 727. The zero-order chi connectivity index (χ0) is 15.5. The smallest absolute Gasteiger partial charge is 0.261 e. The fourth-order valence-corrected chi connectivity index (χ4v) is 3.30. The van der Waals surface area contributed by atoms with Crippen LogP contribution in [0.15, 0.2) is 53.4 Å². The van der Waals surface area contributed by atoms with Crippen molar-refractivity contribution in [1.29, 1.82) is 0 Å². The summed E-state index contributed by atoms with van der Waals surface area (Å²) >= 11 is 0. The van der Waals surface area contributed by atoms with Crippen molar-refractivity contribution >= 4 is 15.7 Å². The van der Waals surface area contributed by atoms with Crippen LogP contribution in [0.5, 0.6) is 0 Å². The highest BCUT2D eigenvalue weighted by Crippen LogP contribution is 2.25. The minimum Gasteiger partial charge on any atom is -0.313 e. The van der Waals surface area contributed by atoms with E-state index in [0.29, 0.717) is 5.69 Å². The molecule has 0 fully saturated rings. The van der Waals surface area contributed by atoms with Gasteiger partial charge in [0.2, 0.25) is 0 Å². The number of aryl methyl sites for hydroxylation is 1. The number of hydrogen-bond acceptors (Lipinski definition) is 3. The zero-order valence-corrected chi connectivity index (χ0v) is 13.2. The van der Waals surface area contributed by atoms with Gasteiger partial charge in [-0.25, -0.2) is 8.42 Å². The average Bonchev–Trinajstić information content (AvgIpc) is 2.46. The number of anilines is 1. The molecule has 5 heteroatoms. The van der Waals surface area contributed by atoms with Crippen LogP contribution >= 0.6 is 0 Å². The average molecular weight is 304 g/mol. The maximum Gasteiger partial charge on any atom is 0.261 e. The molecule has 1 unspecified atom stereocenters. The maximum absolute atomic E-state index is 12.5. The van der Waals surface area contributed by atoms with Crippen molar-refractivity contribution in [3.8, 4) is 0 Å². The summed E-state index contributed by atoms with van der Waals surface area (Å²) in [5.41, 5.74) is 2.42. The molecule has 0 radical (unpaired) electrons. The van der Waals surface area contributed by atoms with E-state index in [-0.39, 0.29) is 10.9 Å². The molecule has 0 aliphatic carbocycles. The second kappa shape index (κ2) is 6.28. The lowest BCUT2D eigenvalue weighted by Gasteiger charge is -2.17. The molecule has 21 heavy (non-hydrogen) atoms. The lowest BCUT2D eigenvalue weighted by atomic mass is 10.1. The van der Waals surface area contributed by atoms with E-state index in [0.717, 1.165) is 11.1 Å². The minimum absolute atomic E-state index is 0.0569. The van der Waals surface area contributed by atoms with Gasteiger partial charge < -0.3 is 5.32 Å². The molecule has 0 heterocycles. The lowest BCUT2D eigenvalue weighted by molar-refractivity contribution is 0.600. The van der Waals surface area contributed by atoms with E-state index in [1.165, 1.54) is 0 Å². The van der Waals surface area contributed by atoms with Crippen molar-refractivity contribution in [3.05, 3.63) is 59.7 Å². The summed E-state index contributed by atoms with van der Waals surface area (Å²) in [5.74, 6) is 0. The van der Waals surface area contributed by atoms with E-state index in [2.05, 4.69) is 10.0 Å². The first-order valence-corrected chi connectivity index (χ1v) is 8.28. The van der Waals surface area contributed by atoms with Gasteiger partial charge in [-0.15, -0.1) is 0 Å². The Hall–Kier alpha value is -1.85. The van der Waals surface area contributed by atoms with Crippen molar-refractivity contribution in [1.82, 2.24) is 5.32 Å². The van der Waals surface area contributed by atoms with Crippen LogP contribution in [0, 0.1) is 6.92 Å². The van der Waals surface area contributed by atoms with Crippen LogP contribution < -0.4 is 10.0 Å². The molecule has 2 aromatic carbocycles. The fourth-order valence-electron chi connectivity index (χ4n) is 2.11. The highest BCUT2D eigenvalue weighted by Gasteiger charge is 2.17. The molecule has 0 bridgehead atoms. The number of rotatable bonds is 5. The standard InChI is InChI=1S/C16H20N2O2S/c1-12-7-6-8-14(11-12)21(19,20)18-16-10-5-4-9-15(16)13(2)17-3/h4-11,13,17-18H,1-3H3. The van der Waals surface area contributed by atoms with Gasteiger partial charge in [0.15, 0.2) is 0 Å². The van der Waals surface area contributed by atoms with E-state index >= 15 is 0 Å². The second-order valence-corrected chi connectivity index (χ2v) is 6.70. The quantitative estimate of drug-likeness (QED) is 0.892. The van der Waals surface area contributed by atoms with Gasteiger partial charge in [-0.3, -0.25) is 4.72 Å². The molecule has 0 aromatic heterocycles. The summed E-state index contributed by atoms with van der Waals surface area (Å²) in [6, 6.07) is 14.3. The summed E-state index contributed by atoms with van der Waals surface area (Å²) in [6.45, 7) is 3.86. The molecule has 0 aliphatic rings. The Morgan fingerprint density at radius 2 is 1.76 bits per heavy atom. The topological polar surface area (TPSA) is 58.2 Å². The van der Waals surface area contributed by atoms with Crippen LogP contribution in [0.3, 0.4) is 0 Å². The van der Waals surface area contributed by atoms with E-state index < -0.39 is 10.0 Å².